The van der Waals surface area contributed by atoms with Crippen molar-refractivity contribution >= 4 is 11.5 Å². The number of aromatic amines is 1. The Kier molecular flexibility index (Phi) is 4.69. The van der Waals surface area contributed by atoms with Crippen LogP contribution in [0.4, 0.5) is 11.5 Å². The van der Waals surface area contributed by atoms with Crippen molar-refractivity contribution in [2.75, 3.05) is 37.9 Å². The second-order valence-electron chi connectivity index (χ2n) is 5.42. The summed E-state index contributed by atoms with van der Waals surface area (Å²) in [6.07, 6.45) is 1.92. The van der Waals surface area contributed by atoms with E-state index in [2.05, 4.69) is 10.3 Å². The van der Waals surface area contributed by atoms with Crippen molar-refractivity contribution < 1.29 is 9.47 Å². The van der Waals surface area contributed by atoms with Gasteiger partial charge in [0, 0.05) is 20.3 Å². The van der Waals surface area contributed by atoms with Gasteiger partial charge in [-0.05, 0) is 19.8 Å². The molecule has 118 valence electrons. The molecule has 0 saturated carbocycles. The highest BCUT2D eigenvalue weighted by atomic mass is 16.5. The molecule has 1 unspecified atom stereocenters. The fraction of sp³-hybridized carbons (Fsp3) is 0.692. The summed E-state index contributed by atoms with van der Waals surface area (Å²) in [5.74, 6) is 0.113. The molecule has 0 amide bonds. The number of nitrogens with zero attached hydrogens (tertiary/aromatic N) is 1. The summed E-state index contributed by atoms with van der Waals surface area (Å²) in [7, 11) is 1.53. The molecule has 4 N–H and O–H groups in total. The quantitative estimate of drug-likeness (QED) is 0.667. The Labute approximate surface area is 122 Å². The van der Waals surface area contributed by atoms with Crippen LogP contribution in [0.15, 0.2) is 9.59 Å². The Morgan fingerprint density at radius 2 is 2.29 bits per heavy atom. The molecule has 1 aromatic rings. The number of anilines is 2. The molecule has 1 aliphatic heterocycles. The maximum Gasteiger partial charge on any atom is 0.330 e. The first-order chi connectivity index (χ1) is 9.97. The first-order valence-corrected chi connectivity index (χ1v) is 6.96. The van der Waals surface area contributed by atoms with Gasteiger partial charge in [0.25, 0.3) is 5.56 Å². The van der Waals surface area contributed by atoms with Gasteiger partial charge in [0.15, 0.2) is 0 Å². The number of nitrogens with two attached hydrogens (primary N) is 1. The number of hydrogen-bond acceptors (Lipinski definition) is 6. The molecular formula is C13H22N4O4. The third kappa shape index (κ3) is 3.45. The van der Waals surface area contributed by atoms with E-state index in [0.29, 0.717) is 13.2 Å². The highest BCUT2D eigenvalue weighted by Crippen LogP contribution is 2.25. The molecule has 0 spiro atoms. The molecule has 2 heterocycles. The lowest BCUT2D eigenvalue weighted by Crippen LogP contribution is -2.38. The van der Waals surface area contributed by atoms with Crippen LogP contribution in [-0.4, -0.2) is 42.0 Å². The van der Waals surface area contributed by atoms with Gasteiger partial charge in [-0.25, -0.2) is 4.79 Å². The molecule has 0 bridgehead atoms. The SMILES string of the molecule is COCCn1c(N)c(NCC2(C)CCCO2)c(=O)[nH]c1=O. The van der Waals surface area contributed by atoms with Crippen LogP contribution in [0.3, 0.4) is 0 Å². The summed E-state index contributed by atoms with van der Waals surface area (Å²) in [6, 6.07) is 0. The van der Waals surface area contributed by atoms with Crippen LogP contribution < -0.4 is 22.3 Å². The van der Waals surface area contributed by atoms with Crippen molar-refractivity contribution in [2.45, 2.75) is 31.9 Å². The van der Waals surface area contributed by atoms with Gasteiger partial charge in [0.1, 0.15) is 11.5 Å². The molecule has 2 rings (SSSR count). The molecule has 0 aliphatic carbocycles. The van der Waals surface area contributed by atoms with Gasteiger partial charge in [-0.15, -0.1) is 0 Å². The molecule has 0 aromatic carbocycles. The highest BCUT2D eigenvalue weighted by Gasteiger charge is 2.30. The number of H-pyrrole nitrogens is 1. The first-order valence-electron chi connectivity index (χ1n) is 6.96. The fourth-order valence-corrected chi connectivity index (χ4v) is 2.41. The van der Waals surface area contributed by atoms with Crippen molar-refractivity contribution in [1.29, 1.82) is 0 Å². The fourth-order valence-electron chi connectivity index (χ4n) is 2.41. The Hall–Kier alpha value is -1.80. The number of hydrogen-bond donors (Lipinski definition) is 3. The molecule has 1 aliphatic rings. The van der Waals surface area contributed by atoms with Crippen molar-refractivity contribution in [1.82, 2.24) is 9.55 Å². The molecule has 1 atom stereocenters. The average Bonchev–Trinajstić information content (AvgIpc) is 2.85. The minimum Gasteiger partial charge on any atom is -0.383 e. The molecule has 1 aromatic heterocycles. The van der Waals surface area contributed by atoms with E-state index in [9.17, 15) is 9.59 Å². The highest BCUT2D eigenvalue weighted by molar-refractivity contribution is 5.60. The van der Waals surface area contributed by atoms with Gasteiger partial charge < -0.3 is 20.5 Å². The lowest BCUT2D eigenvalue weighted by atomic mass is 10.0. The van der Waals surface area contributed by atoms with Crippen LogP contribution in [0, 0.1) is 0 Å². The summed E-state index contributed by atoms with van der Waals surface area (Å²) in [4.78, 5) is 25.9. The van der Waals surface area contributed by atoms with Gasteiger partial charge in [-0.3, -0.25) is 14.3 Å². The maximum absolute atomic E-state index is 11.9. The Bertz CT molecular complexity index is 601. The molecule has 8 heteroatoms. The number of rotatable bonds is 6. The van der Waals surface area contributed by atoms with Crippen LogP contribution in [0.1, 0.15) is 19.8 Å². The number of ether oxygens (including phenoxy) is 2. The van der Waals surface area contributed by atoms with E-state index >= 15 is 0 Å². The zero-order valence-electron chi connectivity index (χ0n) is 12.4. The first kappa shape index (κ1) is 15.6. The summed E-state index contributed by atoms with van der Waals surface area (Å²) in [5.41, 5.74) is 4.76. The number of nitrogens with one attached hydrogen (secondary N) is 2. The monoisotopic (exact) mass is 298 g/mol. The Morgan fingerprint density at radius 1 is 1.52 bits per heavy atom. The van der Waals surface area contributed by atoms with Crippen molar-refractivity contribution in [3.8, 4) is 0 Å². The standard InChI is InChI=1S/C13H22N4O4/c1-13(4-3-6-21-13)8-15-9-10(14)17(5-7-20-2)12(19)16-11(9)18/h15H,3-8,14H2,1-2H3,(H,16,18,19). The van der Waals surface area contributed by atoms with Crippen LogP contribution in [-0.2, 0) is 16.0 Å². The summed E-state index contributed by atoms with van der Waals surface area (Å²) in [6.45, 7) is 3.77. The van der Waals surface area contributed by atoms with Crippen LogP contribution in [0.5, 0.6) is 0 Å². The molecule has 21 heavy (non-hydrogen) atoms. The molecule has 1 saturated heterocycles. The Balaban J connectivity index is 2.22. The van der Waals surface area contributed by atoms with Gasteiger partial charge in [0.05, 0.1) is 18.8 Å². The largest absolute Gasteiger partial charge is 0.383 e. The zero-order chi connectivity index (χ0) is 15.5. The average molecular weight is 298 g/mol. The smallest absolute Gasteiger partial charge is 0.330 e. The van der Waals surface area contributed by atoms with E-state index in [0.717, 1.165) is 19.4 Å². The minimum absolute atomic E-state index is 0.113. The van der Waals surface area contributed by atoms with Crippen LogP contribution >= 0.6 is 0 Å². The van der Waals surface area contributed by atoms with Crippen molar-refractivity contribution in [2.24, 2.45) is 0 Å². The second kappa shape index (κ2) is 6.31. The Morgan fingerprint density at radius 3 is 2.90 bits per heavy atom. The van der Waals surface area contributed by atoms with E-state index in [4.69, 9.17) is 15.2 Å². The van der Waals surface area contributed by atoms with Gasteiger partial charge in [-0.2, -0.15) is 0 Å². The van der Waals surface area contributed by atoms with E-state index in [1.165, 1.54) is 11.7 Å². The summed E-state index contributed by atoms with van der Waals surface area (Å²) in [5, 5.41) is 3.01. The van der Waals surface area contributed by atoms with Crippen molar-refractivity contribution in [3.05, 3.63) is 20.8 Å². The number of nitrogen functional groups attached to an aromatic ring is 1. The molecule has 0 radical (unpaired) electrons. The molecular weight excluding hydrogens is 276 g/mol. The van der Waals surface area contributed by atoms with E-state index < -0.39 is 11.2 Å². The summed E-state index contributed by atoms with van der Waals surface area (Å²) < 4.78 is 11.9. The number of aromatic nitrogens is 2. The van der Waals surface area contributed by atoms with E-state index in [-0.39, 0.29) is 23.7 Å². The minimum atomic E-state index is -0.538. The zero-order valence-corrected chi connectivity index (χ0v) is 12.4. The maximum atomic E-state index is 11.9. The van der Waals surface area contributed by atoms with Gasteiger partial charge in [-0.1, -0.05) is 0 Å². The summed E-state index contributed by atoms with van der Waals surface area (Å²) >= 11 is 0. The van der Waals surface area contributed by atoms with Crippen LogP contribution in [0.2, 0.25) is 0 Å². The predicted octanol–water partition coefficient (Wildman–Crippen LogP) is -0.254. The second-order valence-corrected chi connectivity index (χ2v) is 5.42. The third-order valence-corrected chi connectivity index (χ3v) is 3.70. The predicted molar refractivity (Wildman–Crippen MR) is 79.7 cm³/mol. The lowest BCUT2D eigenvalue weighted by Gasteiger charge is -2.24. The molecule has 1 fully saturated rings. The molecule has 8 nitrogen and oxygen atoms in total. The van der Waals surface area contributed by atoms with Crippen LogP contribution in [0.25, 0.3) is 0 Å². The van der Waals surface area contributed by atoms with Crippen molar-refractivity contribution in [3.63, 3.8) is 0 Å². The third-order valence-electron chi connectivity index (χ3n) is 3.70. The van der Waals surface area contributed by atoms with Gasteiger partial charge >= 0.3 is 5.69 Å². The normalized spacial score (nSPS) is 21.6. The van der Waals surface area contributed by atoms with Gasteiger partial charge in [0.2, 0.25) is 0 Å². The lowest BCUT2D eigenvalue weighted by molar-refractivity contribution is 0.0315. The van der Waals surface area contributed by atoms with E-state index in [1.807, 2.05) is 6.92 Å². The number of methoxy groups -OCH3 is 1. The van der Waals surface area contributed by atoms with E-state index in [1.54, 1.807) is 0 Å². The topological polar surface area (TPSA) is 111 Å².